The Bertz CT molecular complexity index is 362. The van der Waals surface area contributed by atoms with Gasteiger partial charge in [-0.15, -0.1) is 0 Å². The Morgan fingerprint density at radius 3 is 2.87 bits per heavy atom. The average molecular weight is 209 g/mol. The van der Waals surface area contributed by atoms with Gasteiger partial charge in [0.15, 0.2) is 6.79 Å². The third-order valence-electron chi connectivity index (χ3n) is 1.63. The van der Waals surface area contributed by atoms with Crippen molar-refractivity contribution in [3.05, 3.63) is 46.1 Å². The summed E-state index contributed by atoms with van der Waals surface area (Å²) in [5, 5.41) is 10.2. The van der Waals surface area contributed by atoms with E-state index in [0.717, 1.165) is 6.20 Å². The largest absolute Gasteiger partial charge is 0.467 e. The lowest BCUT2D eigenvalue weighted by Gasteiger charge is -2.06. The van der Waals surface area contributed by atoms with Crippen LogP contribution in [0, 0.1) is 10.1 Å². The first-order valence-electron chi connectivity index (χ1n) is 4.26. The molecular formula is C10H11NO4. The number of ether oxygens (including phenoxy) is 2. The quantitative estimate of drug-likeness (QED) is 0.422. The van der Waals surface area contributed by atoms with Crippen LogP contribution in [0.25, 0.3) is 6.08 Å². The number of para-hydroxylation sites is 1. The van der Waals surface area contributed by atoms with Gasteiger partial charge in [0, 0.05) is 18.7 Å². The zero-order chi connectivity index (χ0) is 11.1. The van der Waals surface area contributed by atoms with Crippen LogP contribution in [-0.2, 0) is 4.74 Å². The van der Waals surface area contributed by atoms with Gasteiger partial charge in [-0.1, -0.05) is 18.2 Å². The molecule has 1 rings (SSSR count). The summed E-state index contributed by atoms with van der Waals surface area (Å²) in [5.41, 5.74) is 0.645. The second-order valence-electron chi connectivity index (χ2n) is 2.69. The third kappa shape index (κ3) is 3.78. The van der Waals surface area contributed by atoms with Crippen molar-refractivity contribution in [2.75, 3.05) is 13.9 Å². The van der Waals surface area contributed by atoms with E-state index in [1.165, 1.54) is 13.2 Å². The van der Waals surface area contributed by atoms with Gasteiger partial charge in [0.25, 0.3) is 0 Å². The van der Waals surface area contributed by atoms with Crippen LogP contribution in [0.1, 0.15) is 5.56 Å². The van der Waals surface area contributed by atoms with E-state index < -0.39 is 4.92 Å². The Morgan fingerprint density at radius 1 is 1.47 bits per heavy atom. The zero-order valence-electron chi connectivity index (χ0n) is 8.25. The molecule has 0 unspecified atom stereocenters. The van der Waals surface area contributed by atoms with Crippen LogP contribution in [0.4, 0.5) is 0 Å². The van der Waals surface area contributed by atoms with Gasteiger partial charge in [0.2, 0.25) is 6.20 Å². The lowest BCUT2D eigenvalue weighted by molar-refractivity contribution is -0.400. The molecule has 5 heteroatoms. The normalized spacial score (nSPS) is 10.5. The van der Waals surface area contributed by atoms with Gasteiger partial charge in [0.1, 0.15) is 5.75 Å². The summed E-state index contributed by atoms with van der Waals surface area (Å²) in [6.07, 6.45) is 2.25. The van der Waals surface area contributed by atoms with Crippen molar-refractivity contribution in [3.8, 4) is 5.75 Å². The molecule has 0 heterocycles. The van der Waals surface area contributed by atoms with Gasteiger partial charge in [0.05, 0.1) is 4.92 Å². The minimum Gasteiger partial charge on any atom is -0.467 e. The summed E-state index contributed by atoms with van der Waals surface area (Å²) in [4.78, 5) is 9.63. The predicted molar refractivity (Wildman–Crippen MR) is 55.0 cm³/mol. The van der Waals surface area contributed by atoms with Gasteiger partial charge in [-0.05, 0) is 6.07 Å². The van der Waals surface area contributed by atoms with Gasteiger partial charge < -0.3 is 9.47 Å². The molecule has 1 aromatic rings. The highest BCUT2D eigenvalue weighted by atomic mass is 16.7. The fourth-order valence-electron chi connectivity index (χ4n) is 1.01. The summed E-state index contributed by atoms with van der Waals surface area (Å²) >= 11 is 0. The maximum atomic E-state index is 10.2. The molecule has 0 aromatic heterocycles. The third-order valence-corrected chi connectivity index (χ3v) is 1.63. The predicted octanol–water partition coefficient (Wildman–Crippen LogP) is 1.92. The van der Waals surface area contributed by atoms with Crippen LogP contribution in [0.2, 0.25) is 0 Å². The van der Waals surface area contributed by atoms with E-state index in [0.29, 0.717) is 11.3 Å². The molecule has 0 saturated carbocycles. The molecule has 0 aliphatic rings. The smallest absolute Gasteiger partial charge is 0.235 e. The monoisotopic (exact) mass is 209 g/mol. The minimum absolute atomic E-state index is 0.114. The molecule has 0 fully saturated rings. The highest BCUT2D eigenvalue weighted by molar-refractivity contribution is 5.56. The lowest BCUT2D eigenvalue weighted by Crippen LogP contribution is -2.00. The fraction of sp³-hybridized carbons (Fsp3) is 0.200. The van der Waals surface area contributed by atoms with Crippen molar-refractivity contribution in [3.63, 3.8) is 0 Å². The average Bonchev–Trinajstić information content (AvgIpc) is 2.24. The van der Waals surface area contributed by atoms with E-state index in [9.17, 15) is 10.1 Å². The van der Waals surface area contributed by atoms with E-state index in [4.69, 9.17) is 9.47 Å². The lowest BCUT2D eigenvalue weighted by atomic mass is 10.2. The highest BCUT2D eigenvalue weighted by Gasteiger charge is 2.00. The van der Waals surface area contributed by atoms with Crippen LogP contribution < -0.4 is 4.74 Å². The number of methoxy groups -OCH3 is 1. The maximum Gasteiger partial charge on any atom is 0.235 e. The molecule has 0 N–H and O–H groups in total. The number of benzene rings is 1. The fourth-order valence-corrected chi connectivity index (χ4v) is 1.01. The topological polar surface area (TPSA) is 61.6 Å². The second-order valence-corrected chi connectivity index (χ2v) is 2.69. The molecular weight excluding hydrogens is 198 g/mol. The van der Waals surface area contributed by atoms with Crippen LogP contribution in [-0.4, -0.2) is 18.8 Å². The van der Waals surface area contributed by atoms with Crippen molar-refractivity contribution >= 4 is 6.08 Å². The van der Waals surface area contributed by atoms with Gasteiger partial charge in [-0.25, -0.2) is 0 Å². The van der Waals surface area contributed by atoms with E-state index in [2.05, 4.69) is 0 Å². The van der Waals surface area contributed by atoms with Crippen molar-refractivity contribution < 1.29 is 14.4 Å². The van der Waals surface area contributed by atoms with Crippen molar-refractivity contribution in [1.82, 2.24) is 0 Å². The van der Waals surface area contributed by atoms with E-state index >= 15 is 0 Å². The molecule has 1 aromatic carbocycles. The number of hydrogen-bond donors (Lipinski definition) is 0. The molecule has 80 valence electrons. The number of rotatable bonds is 5. The zero-order valence-corrected chi connectivity index (χ0v) is 8.25. The summed E-state index contributed by atoms with van der Waals surface area (Å²) in [5.74, 6) is 0.553. The molecule has 15 heavy (non-hydrogen) atoms. The van der Waals surface area contributed by atoms with Crippen LogP contribution >= 0.6 is 0 Å². The molecule has 0 aliphatic heterocycles. The molecule has 0 spiro atoms. The molecule has 0 amide bonds. The number of nitro groups is 1. The first-order chi connectivity index (χ1) is 7.24. The SMILES string of the molecule is COCOc1ccccc1/C=C/[N+](=O)[O-]. The molecule has 0 saturated heterocycles. The van der Waals surface area contributed by atoms with Crippen molar-refractivity contribution in [2.45, 2.75) is 0 Å². The Kier molecular flexibility index (Phi) is 4.30. The molecule has 0 bridgehead atoms. The molecule has 0 radical (unpaired) electrons. The molecule has 0 aliphatic carbocycles. The van der Waals surface area contributed by atoms with Gasteiger partial charge in [-0.3, -0.25) is 10.1 Å². The van der Waals surface area contributed by atoms with Crippen molar-refractivity contribution in [1.29, 1.82) is 0 Å². The van der Waals surface area contributed by atoms with Gasteiger partial charge >= 0.3 is 0 Å². The summed E-state index contributed by atoms with van der Waals surface area (Å²) in [6, 6.07) is 7.01. The Balaban J connectivity index is 2.81. The summed E-state index contributed by atoms with van der Waals surface area (Å²) < 4.78 is 9.97. The van der Waals surface area contributed by atoms with E-state index in [-0.39, 0.29) is 6.79 Å². The minimum atomic E-state index is -0.521. The Morgan fingerprint density at radius 2 is 2.20 bits per heavy atom. The van der Waals surface area contributed by atoms with Gasteiger partial charge in [-0.2, -0.15) is 0 Å². The standard InChI is InChI=1S/C10H11NO4/c1-14-8-15-10-5-3-2-4-9(10)6-7-11(12)13/h2-7H,8H2,1H3/b7-6+. The summed E-state index contributed by atoms with van der Waals surface area (Å²) in [7, 11) is 1.51. The number of hydrogen-bond acceptors (Lipinski definition) is 4. The maximum absolute atomic E-state index is 10.2. The highest BCUT2D eigenvalue weighted by Crippen LogP contribution is 2.19. The number of nitrogens with zero attached hydrogens (tertiary/aromatic N) is 1. The van der Waals surface area contributed by atoms with Crippen molar-refractivity contribution in [2.24, 2.45) is 0 Å². The second kappa shape index (κ2) is 5.77. The first-order valence-corrected chi connectivity index (χ1v) is 4.26. The summed E-state index contributed by atoms with van der Waals surface area (Å²) in [6.45, 7) is 0.114. The Labute approximate surface area is 87.1 Å². The Hall–Kier alpha value is -1.88. The van der Waals surface area contributed by atoms with Crippen LogP contribution in [0.3, 0.4) is 0 Å². The van der Waals surface area contributed by atoms with Crippen LogP contribution in [0.15, 0.2) is 30.5 Å². The van der Waals surface area contributed by atoms with E-state index in [1.54, 1.807) is 24.3 Å². The first kappa shape index (κ1) is 11.2. The molecule has 5 nitrogen and oxygen atoms in total. The molecule has 0 atom stereocenters. The van der Waals surface area contributed by atoms with E-state index in [1.807, 2.05) is 0 Å². The van der Waals surface area contributed by atoms with Crippen LogP contribution in [0.5, 0.6) is 5.75 Å².